The van der Waals surface area contributed by atoms with Crippen molar-refractivity contribution in [3.63, 3.8) is 0 Å². The first-order chi connectivity index (χ1) is 16.5. The van der Waals surface area contributed by atoms with Crippen molar-refractivity contribution in [1.82, 2.24) is 10.3 Å². The Morgan fingerprint density at radius 3 is 2.74 bits per heavy atom. The molecular formula is C27H33N5O3. The molecule has 0 bridgehead atoms. The second-order valence-corrected chi connectivity index (χ2v) is 10.7. The van der Waals surface area contributed by atoms with Gasteiger partial charge in [-0.15, -0.1) is 0 Å². The van der Waals surface area contributed by atoms with Gasteiger partial charge >= 0.3 is 6.09 Å². The number of aromatic nitrogens is 1. The van der Waals surface area contributed by atoms with Gasteiger partial charge in [-0.1, -0.05) is 24.3 Å². The maximum absolute atomic E-state index is 13.6. The topological polar surface area (TPSA) is 79.1 Å². The zero-order valence-electron chi connectivity index (χ0n) is 21.1. The molecule has 1 atom stereocenters. The largest absolute Gasteiger partial charge is 0.444 e. The van der Waals surface area contributed by atoms with Gasteiger partial charge in [0.1, 0.15) is 5.60 Å². The number of para-hydroxylation sites is 1. The summed E-state index contributed by atoms with van der Waals surface area (Å²) >= 11 is 0. The molecule has 2 aromatic rings. The summed E-state index contributed by atoms with van der Waals surface area (Å²) in [5.74, 6) is -0.0346. The molecule has 184 valence electrons. The van der Waals surface area contributed by atoms with Gasteiger partial charge in [-0.25, -0.2) is 9.64 Å². The van der Waals surface area contributed by atoms with E-state index >= 15 is 0 Å². The number of hydrogen-bond donors (Lipinski definition) is 1. The molecule has 1 saturated heterocycles. The minimum atomic E-state index is -0.775. The molecule has 2 aliphatic rings. The Kier molecular flexibility index (Phi) is 6.46. The van der Waals surface area contributed by atoms with E-state index in [1.54, 1.807) is 17.2 Å². The third-order valence-electron chi connectivity index (χ3n) is 6.47. The second kappa shape index (κ2) is 9.21. The smallest absolute Gasteiger partial charge is 0.407 e. The number of rotatable bonds is 4. The van der Waals surface area contributed by atoms with Gasteiger partial charge in [-0.3, -0.25) is 9.78 Å². The Balaban J connectivity index is 1.65. The number of benzene rings is 1. The standard InChI is InChI=1S/C27H33N5O3/c1-26(2,3)35-25(34)30-19-11-9-15-31(17-19)21-13-14-29-23-22(21)32(24(33)27(23,4)5)16-18-10-7-8-12-20(18)28-6/h7-8,10,12-14,19H,9,11,15-17H2,1-5H3,(H,30,34)/t19-/m1/s1. The highest BCUT2D eigenvalue weighted by Crippen LogP contribution is 2.47. The van der Waals surface area contributed by atoms with Crippen molar-refractivity contribution >= 4 is 29.1 Å². The zero-order chi connectivity index (χ0) is 25.4. The lowest BCUT2D eigenvalue weighted by atomic mass is 9.90. The van der Waals surface area contributed by atoms with Crippen molar-refractivity contribution in [2.45, 2.75) is 71.1 Å². The summed E-state index contributed by atoms with van der Waals surface area (Å²) in [5, 5.41) is 3.00. The number of amides is 2. The number of nitrogens with one attached hydrogen (secondary N) is 1. The zero-order valence-corrected chi connectivity index (χ0v) is 21.1. The van der Waals surface area contributed by atoms with Gasteiger partial charge in [0.05, 0.1) is 29.1 Å². The van der Waals surface area contributed by atoms with Crippen LogP contribution in [-0.2, 0) is 21.5 Å². The van der Waals surface area contributed by atoms with E-state index in [-0.39, 0.29) is 11.9 Å². The molecule has 0 aliphatic carbocycles. The molecule has 8 heteroatoms. The van der Waals surface area contributed by atoms with Crippen LogP contribution in [0.5, 0.6) is 0 Å². The van der Waals surface area contributed by atoms with Gasteiger partial charge in [0.15, 0.2) is 5.69 Å². The summed E-state index contributed by atoms with van der Waals surface area (Å²) < 4.78 is 5.45. The van der Waals surface area contributed by atoms with Gasteiger partial charge in [-0.05, 0) is 59.1 Å². The van der Waals surface area contributed by atoms with Gasteiger partial charge in [-0.2, -0.15) is 0 Å². The average molecular weight is 476 g/mol. The quantitative estimate of drug-likeness (QED) is 0.633. The summed E-state index contributed by atoms with van der Waals surface area (Å²) in [4.78, 5) is 38.2. The molecule has 1 aromatic carbocycles. The third kappa shape index (κ3) is 4.95. The second-order valence-electron chi connectivity index (χ2n) is 10.7. The van der Waals surface area contributed by atoms with Crippen LogP contribution < -0.4 is 15.1 Å². The van der Waals surface area contributed by atoms with Crippen molar-refractivity contribution in [2.24, 2.45) is 0 Å². The summed E-state index contributed by atoms with van der Waals surface area (Å²) in [6.45, 7) is 18.6. The molecular weight excluding hydrogens is 442 g/mol. The first kappa shape index (κ1) is 24.5. The van der Waals surface area contributed by atoms with Crippen LogP contribution in [0.1, 0.15) is 58.7 Å². The number of alkyl carbamates (subject to hydrolysis) is 1. The molecule has 2 aliphatic heterocycles. The van der Waals surface area contributed by atoms with Crippen LogP contribution in [0.25, 0.3) is 4.85 Å². The molecule has 1 N–H and O–H groups in total. The van der Waals surface area contributed by atoms with E-state index in [0.717, 1.165) is 42.0 Å². The van der Waals surface area contributed by atoms with E-state index in [4.69, 9.17) is 11.3 Å². The van der Waals surface area contributed by atoms with Crippen LogP contribution in [0, 0.1) is 6.57 Å². The lowest BCUT2D eigenvalue weighted by Gasteiger charge is -2.36. The lowest BCUT2D eigenvalue weighted by molar-refractivity contribution is -0.122. The van der Waals surface area contributed by atoms with E-state index in [0.29, 0.717) is 18.8 Å². The fourth-order valence-corrected chi connectivity index (χ4v) is 4.83. The molecule has 4 rings (SSSR count). The lowest BCUT2D eigenvalue weighted by Crippen LogP contribution is -2.49. The number of hydrogen-bond acceptors (Lipinski definition) is 5. The monoisotopic (exact) mass is 475 g/mol. The van der Waals surface area contributed by atoms with Crippen LogP contribution in [0.4, 0.5) is 21.9 Å². The molecule has 1 fully saturated rings. The highest BCUT2D eigenvalue weighted by Gasteiger charge is 2.47. The first-order valence-electron chi connectivity index (χ1n) is 12.0. The Hall–Kier alpha value is -3.60. The van der Waals surface area contributed by atoms with Crippen LogP contribution in [0.3, 0.4) is 0 Å². The van der Waals surface area contributed by atoms with Crippen LogP contribution in [0.15, 0.2) is 36.5 Å². The summed E-state index contributed by atoms with van der Waals surface area (Å²) in [6, 6.07) is 9.26. The van der Waals surface area contributed by atoms with Crippen molar-refractivity contribution in [2.75, 3.05) is 22.9 Å². The molecule has 0 saturated carbocycles. The Morgan fingerprint density at radius 2 is 2.03 bits per heavy atom. The number of carbonyl (C=O) groups excluding carboxylic acids is 2. The predicted molar refractivity (Wildman–Crippen MR) is 136 cm³/mol. The minimum absolute atomic E-state index is 0.0346. The Bertz CT molecular complexity index is 1180. The molecule has 0 unspecified atom stereocenters. The van der Waals surface area contributed by atoms with Crippen molar-refractivity contribution in [3.05, 3.63) is 59.2 Å². The van der Waals surface area contributed by atoms with Gasteiger partial charge in [0, 0.05) is 31.9 Å². The van der Waals surface area contributed by atoms with E-state index in [9.17, 15) is 9.59 Å². The van der Waals surface area contributed by atoms with Crippen molar-refractivity contribution in [1.29, 1.82) is 0 Å². The fraction of sp³-hybridized carbons (Fsp3) is 0.481. The van der Waals surface area contributed by atoms with Crippen LogP contribution in [0.2, 0.25) is 0 Å². The maximum atomic E-state index is 13.6. The van der Waals surface area contributed by atoms with Crippen molar-refractivity contribution < 1.29 is 14.3 Å². The number of fused-ring (bicyclic) bond motifs is 1. The molecule has 0 radical (unpaired) electrons. The summed E-state index contributed by atoms with van der Waals surface area (Å²) in [7, 11) is 0. The molecule has 2 amide bonds. The molecule has 0 spiro atoms. The number of carbonyl (C=O) groups is 2. The first-order valence-corrected chi connectivity index (χ1v) is 12.0. The van der Waals surface area contributed by atoms with E-state index in [1.165, 1.54) is 0 Å². The highest BCUT2D eigenvalue weighted by molar-refractivity contribution is 6.09. The average Bonchev–Trinajstić information content (AvgIpc) is 2.99. The number of nitrogens with zero attached hydrogens (tertiary/aromatic N) is 4. The minimum Gasteiger partial charge on any atom is -0.444 e. The summed E-state index contributed by atoms with van der Waals surface area (Å²) in [5.41, 5.74) is 2.46. The van der Waals surface area contributed by atoms with Gasteiger partial charge < -0.3 is 19.9 Å². The maximum Gasteiger partial charge on any atom is 0.407 e. The molecule has 8 nitrogen and oxygen atoms in total. The normalized spacial score (nSPS) is 19.2. The molecule has 1 aromatic heterocycles. The third-order valence-corrected chi connectivity index (χ3v) is 6.47. The Labute approximate surface area is 207 Å². The van der Waals surface area contributed by atoms with E-state index < -0.39 is 17.1 Å². The number of pyridine rings is 1. The van der Waals surface area contributed by atoms with Crippen LogP contribution >= 0.6 is 0 Å². The van der Waals surface area contributed by atoms with Gasteiger partial charge in [0.2, 0.25) is 5.91 Å². The molecule has 35 heavy (non-hydrogen) atoms. The van der Waals surface area contributed by atoms with E-state index in [2.05, 4.69) is 20.0 Å². The number of anilines is 2. The predicted octanol–water partition coefficient (Wildman–Crippen LogP) is 4.95. The fourth-order valence-electron chi connectivity index (χ4n) is 4.83. The number of piperidine rings is 1. The molecule has 3 heterocycles. The Morgan fingerprint density at radius 1 is 1.29 bits per heavy atom. The van der Waals surface area contributed by atoms with Crippen LogP contribution in [-0.4, -0.2) is 41.7 Å². The SMILES string of the molecule is [C-]#[N+]c1ccccc1CN1C(=O)C(C)(C)c2nccc(N3CCC[C@@H](NC(=O)OC(C)(C)C)C3)c21. The van der Waals surface area contributed by atoms with Gasteiger partial charge in [0.25, 0.3) is 0 Å². The summed E-state index contributed by atoms with van der Waals surface area (Å²) in [6.07, 6.45) is 3.09. The van der Waals surface area contributed by atoms with Crippen molar-refractivity contribution in [3.8, 4) is 0 Å². The highest BCUT2D eigenvalue weighted by atomic mass is 16.6. The number of ether oxygens (including phenoxy) is 1. The van der Waals surface area contributed by atoms with E-state index in [1.807, 2.05) is 58.9 Å².